The molecule has 33 heavy (non-hydrogen) atoms. The van der Waals surface area contributed by atoms with Crippen molar-refractivity contribution in [3.63, 3.8) is 0 Å². The van der Waals surface area contributed by atoms with Crippen LogP contribution in [0.2, 0.25) is 0 Å². The fraction of sp³-hybridized carbons (Fsp3) is 0.333. The molecule has 0 atom stereocenters. The molecule has 0 aliphatic carbocycles. The number of carboxylic acid groups (broad SMARTS) is 1. The van der Waals surface area contributed by atoms with Crippen LogP contribution in [0.4, 0.5) is 13.2 Å². The smallest absolute Gasteiger partial charge is 0.453 e. The van der Waals surface area contributed by atoms with Crippen molar-refractivity contribution < 1.29 is 37.0 Å². The largest absolute Gasteiger partial charge is 0.482 e. The Morgan fingerprint density at radius 1 is 1.09 bits per heavy atom. The van der Waals surface area contributed by atoms with Crippen LogP contribution in [0.3, 0.4) is 0 Å². The van der Waals surface area contributed by atoms with Crippen LogP contribution in [-0.2, 0) is 22.8 Å². The maximum Gasteiger partial charge on any atom is 0.453 e. The summed E-state index contributed by atoms with van der Waals surface area (Å²) in [7, 11) is 0. The Labute approximate surface area is 187 Å². The monoisotopic (exact) mass is 464 g/mol. The van der Waals surface area contributed by atoms with Crippen LogP contribution >= 0.6 is 0 Å². The Morgan fingerprint density at radius 2 is 1.79 bits per heavy atom. The average molecular weight is 464 g/mol. The minimum absolute atomic E-state index is 0.0555. The Bertz CT molecular complexity index is 1250. The van der Waals surface area contributed by atoms with Gasteiger partial charge in [0, 0.05) is 11.6 Å². The molecule has 0 aliphatic heterocycles. The van der Waals surface area contributed by atoms with E-state index in [1.165, 1.54) is 12.1 Å². The van der Waals surface area contributed by atoms with Gasteiger partial charge < -0.3 is 19.0 Å². The van der Waals surface area contributed by atoms with Gasteiger partial charge in [-0.1, -0.05) is 39.8 Å². The predicted octanol–water partition coefficient (Wildman–Crippen LogP) is 5.93. The second-order valence-electron chi connectivity index (χ2n) is 8.46. The van der Waals surface area contributed by atoms with Gasteiger partial charge in [0.05, 0.1) is 5.39 Å². The van der Waals surface area contributed by atoms with Gasteiger partial charge in [0.25, 0.3) is 5.76 Å². The molecule has 6 nitrogen and oxygen atoms in total. The van der Waals surface area contributed by atoms with E-state index in [2.05, 4.69) is 0 Å². The number of carbonyl (C=O) groups is 1. The second-order valence-corrected chi connectivity index (χ2v) is 8.46. The number of aliphatic carboxylic acids is 1. The van der Waals surface area contributed by atoms with Gasteiger partial charge in [-0.2, -0.15) is 13.2 Å². The van der Waals surface area contributed by atoms with E-state index in [1.807, 2.05) is 33.8 Å². The zero-order chi connectivity index (χ0) is 24.6. The molecule has 3 rings (SSSR count). The van der Waals surface area contributed by atoms with Gasteiger partial charge >= 0.3 is 12.1 Å². The third-order valence-electron chi connectivity index (χ3n) is 4.91. The van der Waals surface area contributed by atoms with E-state index in [1.54, 1.807) is 12.1 Å². The molecular formula is C24H23F3O6. The molecule has 0 saturated heterocycles. The Hall–Kier alpha value is -3.49. The summed E-state index contributed by atoms with van der Waals surface area (Å²) in [5.41, 5.74) is -0.255. The number of benzene rings is 2. The van der Waals surface area contributed by atoms with Crippen LogP contribution in [0.15, 0.2) is 45.6 Å². The van der Waals surface area contributed by atoms with Crippen molar-refractivity contribution in [1.29, 1.82) is 0 Å². The third-order valence-corrected chi connectivity index (χ3v) is 4.91. The van der Waals surface area contributed by atoms with E-state index in [9.17, 15) is 22.8 Å². The highest BCUT2D eigenvalue weighted by molar-refractivity contribution is 5.80. The maximum atomic E-state index is 13.8. The standard InChI is InChI=1S/C24H23F3O6/c1-5-13-6-9-17(16(10-13)23(2,3)4)32-21-20(30)15-8-7-14(31-12-19(28)29)11-18(15)33-22(21)24(25,26)27/h6-11H,5,12H2,1-4H3,(H,28,29). The van der Waals surface area contributed by atoms with Crippen molar-refractivity contribution >= 4 is 16.9 Å². The molecule has 2 aromatic carbocycles. The summed E-state index contributed by atoms with van der Waals surface area (Å²) in [5.74, 6) is -3.75. The molecule has 9 heteroatoms. The summed E-state index contributed by atoms with van der Waals surface area (Å²) in [6, 6.07) is 8.64. The normalized spacial score (nSPS) is 12.1. The number of fused-ring (bicyclic) bond motifs is 1. The van der Waals surface area contributed by atoms with Gasteiger partial charge in [-0.15, -0.1) is 0 Å². The molecule has 0 radical (unpaired) electrons. The van der Waals surface area contributed by atoms with Gasteiger partial charge in [-0.3, -0.25) is 4.79 Å². The van der Waals surface area contributed by atoms with Crippen LogP contribution in [0.1, 0.15) is 44.6 Å². The van der Waals surface area contributed by atoms with Crippen molar-refractivity contribution in [2.24, 2.45) is 0 Å². The molecule has 0 aliphatic rings. The first kappa shape index (κ1) is 24.2. The third kappa shape index (κ3) is 5.30. The summed E-state index contributed by atoms with van der Waals surface area (Å²) in [6.45, 7) is 6.92. The van der Waals surface area contributed by atoms with E-state index >= 15 is 0 Å². The SMILES string of the molecule is CCc1ccc(Oc2c(C(F)(F)F)oc3cc(OCC(=O)O)ccc3c2=O)c(C(C)(C)C)c1. The van der Waals surface area contributed by atoms with Crippen molar-refractivity contribution in [3.05, 3.63) is 63.5 Å². The van der Waals surface area contributed by atoms with Gasteiger partial charge in [-0.05, 0) is 35.6 Å². The highest BCUT2D eigenvalue weighted by Gasteiger charge is 2.41. The summed E-state index contributed by atoms with van der Waals surface area (Å²) in [4.78, 5) is 23.7. The first-order valence-electron chi connectivity index (χ1n) is 10.1. The number of ether oxygens (including phenoxy) is 2. The number of hydrogen-bond donors (Lipinski definition) is 1. The Morgan fingerprint density at radius 3 is 2.36 bits per heavy atom. The summed E-state index contributed by atoms with van der Waals surface area (Å²) >= 11 is 0. The summed E-state index contributed by atoms with van der Waals surface area (Å²) in [5, 5.41) is 8.54. The number of halogens is 3. The predicted molar refractivity (Wildman–Crippen MR) is 115 cm³/mol. The highest BCUT2D eigenvalue weighted by atomic mass is 19.4. The number of rotatable bonds is 6. The van der Waals surface area contributed by atoms with Gasteiger partial charge in [0.15, 0.2) is 6.61 Å². The van der Waals surface area contributed by atoms with Gasteiger partial charge in [-0.25, -0.2) is 4.79 Å². The van der Waals surface area contributed by atoms with Crippen LogP contribution in [-0.4, -0.2) is 17.7 Å². The maximum absolute atomic E-state index is 13.8. The van der Waals surface area contributed by atoms with Crippen molar-refractivity contribution in [2.45, 2.75) is 45.7 Å². The lowest BCUT2D eigenvalue weighted by atomic mass is 9.85. The molecule has 1 aromatic heterocycles. The summed E-state index contributed by atoms with van der Waals surface area (Å²) < 4.78 is 57.2. The minimum Gasteiger partial charge on any atom is -0.482 e. The number of aryl methyl sites for hydroxylation is 1. The molecular weight excluding hydrogens is 441 g/mol. The second kappa shape index (κ2) is 8.80. The Balaban J connectivity index is 2.19. The van der Waals surface area contributed by atoms with Crippen LogP contribution < -0.4 is 14.9 Å². The van der Waals surface area contributed by atoms with Crippen LogP contribution in [0, 0.1) is 0 Å². The van der Waals surface area contributed by atoms with E-state index in [-0.39, 0.29) is 16.9 Å². The number of carboxylic acids is 1. The molecule has 1 heterocycles. The topological polar surface area (TPSA) is 86.0 Å². The molecule has 0 fully saturated rings. The molecule has 0 spiro atoms. The zero-order valence-electron chi connectivity index (χ0n) is 18.5. The molecule has 0 amide bonds. The fourth-order valence-corrected chi connectivity index (χ4v) is 3.25. The number of hydrogen-bond acceptors (Lipinski definition) is 5. The molecule has 176 valence electrons. The van der Waals surface area contributed by atoms with E-state index in [0.29, 0.717) is 5.56 Å². The van der Waals surface area contributed by atoms with E-state index in [4.69, 9.17) is 19.0 Å². The highest BCUT2D eigenvalue weighted by Crippen LogP contribution is 2.41. The van der Waals surface area contributed by atoms with Crippen molar-refractivity contribution in [3.8, 4) is 17.2 Å². The minimum atomic E-state index is -5.02. The lowest BCUT2D eigenvalue weighted by Gasteiger charge is -2.24. The van der Waals surface area contributed by atoms with Crippen molar-refractivity contribution in [2.75, 3.05) is 6.61 Å². The molecule has 0 unspecified atom stereocenters. The van der Waals surface area contributed by atoms with Gasteiger partial charge in [0.2, 0.25) is 11.2 Å². The first-order chi connectivity index (χ1) is 15.3. The van der Waals surface area contributed by atoms with Crippen molar-refractivity contribution in [1.82, 2.24) is 0 Å². The Kier molecular flexibility index (Phi) is 6.44. The number of alkyl halides is 3. The lowest BCUT2D eigenvalue weighted by molar-refractivity contribution is -0.154. The molecule has 1 N–H and O–H groups in total. The fourth-order valence-electron chi connectivity index (χ4n) is 3.25. The lowest BCUT2D eigenvalue weighted by Crippen LogP contribution is -2.18. The molecule has 3 aromatic rings. The average Bonchev–Trinajstić information content (AvgIpc) is 2.72. The zero-order valence-corrected chi connectivity index (χ0v) is 18.5. The first-order valence-corrected chi connectivity index (χ1v) is 10.1. The van der Waals surface area contributed by atoms with E-state index in [0.717, 1.165) is 18.1 Å². The van der Waals surface area contributed by atoms with Gasteiger partial charge in [0.1, 0.15) is 17.1 Å². The summed E-state index contributed by atoms with van der Waals surface area (Å²) in [6.07, 6.45) is -4.30. The van der Waals surface area contributed by atoms with E-state index < -0.39 is 46.7 Å². The molecule has 0 saturated carbocycles. The van der Waals surface area contributed by atoms with Crippen LogP contribution in [0.5, 0.6) is 17.2 Å². The van der Waals surface area contributed by atoms with Crippen LogP contribution in [0.25, 0.3) is 11.0 Å². The molecule has 0 bridgehead atoms. The quantitative estimate of drug-likeness (QED) is 0.487.